The Kier molecular flexibility index (Phi) is 9.37. The predicted molar refractivity (Wildman–Crippen MR) is 93.8 cm³/mol. The van der Waals surface area contributed by atoms with Crippen molar-refractivity contribution in [3.05, 3.63) is 29.3 Å². The van der Waals surface area contributed by atoms with Gasteiger partial charge in [0, 0.05) is 6.54 Å². The van der Waals surface area contributed by atoms with Crippen molar-refractivity contribution < 1.29 is 15.0 Å². The summed E-state index contributed by atoms with van der Waals surface area (Å²) < 4.78 is 0. The number of phenolic OH excluding ortho intramolecular Hbond substituents is 1. The second-order valence-electron chi connectivity index (χ2n) is 6.40. The van der Waals surface area contributed by atoms with E-state index in [9.17, 15) is 9.90 Å². The summed E-state index contributed by atoms with van der Waals surface area (Å²) in [7, 11) is 1.79. The van der Waals surface area contributed by atoms with Gasteiger partial charge in [-0.1, -0.05) is 57.6 Å². The summed E-state index contributed by atoms with van der Waals surface area (Å²) in [5.74, 6) is -0.477. The molecule has 1 rings (SSSR count). The van der Waals surface area contributed by atoms with Crippen LogP contribution in [0.2, 0.25) is 0 Å². The van der Waals surface area contributed by atoms with Gasteiger partial charge in [-0.2, -0.15) is 0 Å². The molecule has 0 spiro atoms. The maximum atomic E-state index is 10.7. The van der Waals surface area contributed by atoms with Gasteiger partial charge in [0.05, 0.1) is 6.54 Å². The van der Waals surface area contributed by atoms with Crippen LogP contribution in [0.1, 0.15) is 63.0 Å². The molecule has 0 unspecified atom stereocenters. The Balaban J connectivity index is 2.40. The number of carboxylic acids is 1. The average molecular weight is 321 g/mol. The number of hydrogen-bond donors (Lipinski definition) is 2. The number of carboxylic acid groups (broad SMARTS) is 1. The zero-order chi connectivity index (χ0) is 17.1. The SMILES string of the molecule is CCCCCCCCCc1cc(CN(C)CC(=O)O)ccc1O. The van der Waals surface area contributed by atoms with E-state index in [1.807, 2.05) is 12.1 Å². The topological polar surface area (TPSA) is 60.8 Å². The quantitative estimate of drug-likeness (QED) is 0.566. The van der Waals surface area contributed by atoms with Gasteiger partial charge in [0.15, 0.2) is 0 Å². The first kappa shape index (κ1) is 19.5. The lowest BCUT2D eigenvalue weighted by molar-refractivity contribution is -0.138. The number of unbranched alkanes of at least 4 members (excludes halogenated alkanes) is 6. The van der Waals surface area contributed by atoms with E-state index in [1.54, 1.807) is 18.0 Å². The summed E-state index contributed by atoms with van der Waals surface area (Å²) in [6, 6.07) is 5.59. The largest absolute Gasteiger partial charge is 0.508 e. The third kappa shape index (κ3) is 8.60. The molecule has 130 valence electrons. The van der Waals surface area contributed by atoms with E-state index in [0.717, 1.165) is 24.0 Å². The highest BCUT2D eigenvalue weighted by Crippen LogP contribution is 2.22. The maximum absolute atomic E-state index is 10.7. The predicted octanol–water partition coefficient (Wildman–Crippen LogP) is 4.20. The Morgan fingerprint density at radius 2 is 1.74 bits per heavy atom. The van der Waals surface area contributed by atoms with Gasteiger partial charge in [-0.15, -0.1) is 0 Å². The molecule has 4 nitrogen and oxygen atoms in total. The standard InChI is InChI=1S/C19H31NO3/c1-3-4-5-6-7-8-9-10-17-13-16(11-12-18(17)21)14-20(2)15-19(22)23/h11-13,21H,3-10,14-15H2,1-2H3,(H,22,23). The van der Waals surface area contributed by atoms with Crippen molar-refractivity contribution in [1.29, 1.82) is 0 Å². The molecule has 2 N–H and O–H groups in total. The summed E-state index contributed by atoms with van der Waals surface area (Å²) in [6.07, 6.45) is 9.68. The van der Waals surface area contributed by atoms with Crippen molar-refractivity contribution in [3.63, 3.8) is 0 Å². The Morgan fingerprint density at radius 3 is 2.39 bits per heavy atom. The van der Waals surface area contributed by atoms with E-state index in [2.05, 4.69) is 6.92 Å². The highest BCUT2D eigenvalue weighted by atomic mass is 16.4. The third-order valence-corrected chi connectivity index (χ3v) is 4.05. The Labute approximate surface area is 140 Å². The molecule has 0 atom stereocenters. The fourth-order valence-electron chi connectivity index (χ4n) is 2.81. The minimum atomic E-state index is -0.824. The first-order chi connectivity index (χ1) is 11.0. The van der Waals surface area contributed by atoms with Gasteiger partial charge in [-0.25, -0.2) is 0 Å². The molecular formula is C19H31NO3. The van der Waals surface area contributed by atoms with Crippen molar-refractivity contribution in [2.45, 2.75) is 64.8 Å². The Bertz CT molecular complexity index is 474. The average Bonchev–Trinajstić information content (AvgIpc) is 2.48. The van der Waals surface area contributed by atoms with Crippen molar-refractivity contribution in [3.8, 4) is 5.75 Å². The zero-order valence-corrected chi connectivity index (χ0v) is 14.6. The van der Waals surface area contributed by atoms with Crippen LogP contribution in [0, 0.1) is 0 Å². The van der Waals surface area contributed by atoms with Crippen LogP contribution in [0.25, 0.3) is 0 Å². The van der Waals surface area contributed by atoms with Crippen LogP contribution in [-0.4, -0.2) is 34.7 Å². The molecule has 1 aromatic rings. The van der Waals surface area contributed by atoms with Gasteiger partial charge in [0.1, 0.15) is 5.75 Å². The summed E-state index contributed by atoms with van der Waals surface area (Å²) in [6.45, 7) is 2.83. The highest BCUT2D eigenvalue weighted by Gasteiger charge is 2.08. The van der Waals surface area contributed by atoms with E-state index >= 15 is 0 Å². The molecule has 0 amide bonds. The molecular weight excluding hydrogens is 290 g/mol. The Morgan fingerprint density at radius 1 is 1.09 bits per heavy atom. The molecule has 23 heavy (non-hydrogen) atoms. The number of phenols is 1. The lowest BCUT2D eigenvalue weighted by atomic mass is 10.0. The summed E-state index contributed by atoms with van der Waals surface area (Å²) >= 11 is 0. The molecule has 0 fully saturated rings. The molecule has 1 aromatic carbocycles. The van der Waals surface area contributed by atoms with Crippen molar-refractivity contribution in [2.24, 2.45) is 0 Å². The van der Waals surface area contributed by atoms with Crippen molar-refractivity contribution in [2.75, 3.05) is 13.6 Å². The monoisotopic (exact) mass is 321 g/mol. The zero-order valence-electron chi connectivity index (χ0n) is 14.6. The number of carbonyl (C=O) groups is 1. The van der Waals surface area contributed by atoms with Crippen LogP contribution < -0.4 is 0 Å². The van der Waals surface area contributed by atoms with Gasteiger partial charge < -0.3 is 10.2 Å². The van der Waals surface area contributed by atoms with Gasteiger partial charge in [0.2, 0.25) is 0 Å². The number of aryl methyl sites for hydroxylation is 1. The number of aliphatic carboxylic acids is 1. The van der Waals surface area contributed by atoms with E-state index in [4.69, 9.17) is 5.11 Å². The third-order valence-electron chi connectivity index (χ3n) is 4.05. The number of nitrogens with zero attached hydrogens (tertiary/aromatic N) is 1. The van der Waals surface area contributed by atoms with Gasteiger partial charge in [0.25, 0.3) is 0 Å². The number of rotatable bonds is 12. The van der Waals surface area contributed by atoms with Crippen molar-refractivity contribution in [1.82, 2.24) is 4.90 Å². The smallest absolute Gasteiger partial charge is 0.317 e. The Hall–Kier alpha value is -1.55. The lowest BCUT2D eigenvalue weighted by Crippen LogP contribution is -2.25. The first-order valence-corrected chi connectivity index (χ1v) is 8.74. The van der Waals surface area contributed by atoms with Crippen LogP contribution in [-0.2, 0) is 17.8 Å². The molecule has 0 aliphatic rings. The summed E-state index contributed by atoms with van der Waals surface area (Å²) in [5.41, 5.74) is 2.02. The fourth-order valence-corrected chi connectivity index (χ4v) is 2.81. The lowest BCUT2D eigenvalue weighted by Gasteiger charge is -2.15. The highest BCUT2D eigenvalue weighted by molar-refractivity contribution is 5.69. The van der Waals surface area contributed by atoms with E-state index in [0.29, 0.717) is 12.3 Å². The molecule has 0 saturated heterocycles. The fraction of sp³-hybridized carbons (Fsp3) is 0.632. The molecule has 0 aliphatic carbocycles. The maximum Gasteiger partial charge on any atom is 0.317 e. The van der Waals surface area contributed by atoms with Crippen LogP contribution in [0.5, 0.6) is 5.75 Å². The second-order valence-corrected chi connectivity index (χ2v) is 6.40. The van der Waals surface area contributed by atoms with Crippen LogP contribution >= 0.6 is 0 Å². The van der Waals surface area contributed by atoms with Crippen LogP contribution in [0.3, 0.4) is 0 Å². The molecule has 0 saturated carbocycles. The van der Waals surface area contributed by atoms with Gasteiger partial charge in [-0.05, 0) is 37.1 Å². The minimum absolute atomic E-state index is 0.0218. The van der Waals surface area contributed by atoms with E-state index in [-0.39, 0.29) is 6.54 Å². The van der Waals surface area contributed by atoms with E-state index in [1.165, 1.54) is 38.5 Å². The van der Waals surface area contributed by atoms with Crippen LogP contribution in [0.4, 0.5) is 0 Å². The van der Waals surface area contributed by atoms with Crippen molar-refractivity contribution >= 4 is 5.97 Å². The normalized spacial score (nSPS) is 11.1. The van der Waals surface area contributed by atoms with Gasteiger partial charge >= 0.3 is 5.97 Å². The second kappa shape index (κ2) is 11.1. The number of likely N-dealkylation sites (N-methyl/N-ethyl adjacent to an activating group) is 1. The first-order valence-electron chi connectivity index (χ1n) is 8.74. The number of benzene rings is 1. The molecule has 0 aliphatic heterocycles. The number of hydrogen-bond acceptors (Lipinski definition) is 3. The van der Waals surface area contributed by atoms with Gasteiger partial charge in [-0.3, -0.25) is 9.69 Å². The molecule has 0 radical (unpaired) electrons. The summed E-state index contributed by atoms with van der Waals surface area (Å²) in [5, 5.41) is 18.8. The minimum Gasteiger partial charge on any atom is -0.508 e. The van der Waals surface area contributed by atoms with Crippen LogP contribution in [0.15, 0.2) is 18.2 Å². The molecule has 4 heteroatoms. The summed E-state index contributed by atoms with van der Waals surface area (Å²) in [4.78, 5) is 12.5. The van der Waals surface area contributed by atoms with E-state index < -0.39 is 5.97 Å². The molecule has 0 bridgehead atoms. The molecule has 0 aromatic heterocycles. The molecule has 0 heterocycles. The number of aromatic hydroxyl groups is 1.